The first-order valence-corrected chi connectivity index (χ1v) is 8.07. The van der Waals surface area contributed by atoms with Crippen molar-refractivity contribution in [2.75, 3.05) is 13.1 Å². The maximum atomic E-state index is 12.6. The van der Waals surface area contributed by atoms with Gasteiger partial charge < -0.3 is 0 Å². The number of ketones is 1. The predicted octanol–water partition coefficient (Wildman–Crippen LogP) is 3.22. The van der Waals surface area contributed by atoms with Crippen molar-refractivity contribution < 1.29 is 4.79 Å². The molecule has 3 nitrogen and oxygen atoms in total. The van der Waals surface area contributed by atoms with Crippen molar-refractivity contribution in [1.29, 1.82) is 0 Å². The van der Waals surface area contributed by atoms with Crippen LogP contribution in [0.5, 0.6) is 0 Å². The maximum absolute atomic E-state index is 12.6. The van der Waals surface area contributed by atoms with E-state index in [1.165, 1.54) is 25.7 Å². The van der Waals surface area contributed by atoms with Crippen molar-refractivity contribution in [3.05, 3.63) is 16.1 Å². The van der Waals surface area contributed by atoms with E-state index in [0.717, 1.165) is 23.8 Å². The van der Waals surface area contributed by atoms with Gasteiger partial charge in [-0.25, -0.2) is 4.98 Å². The average molecular weight is 280 g/mol. The van der Waals surface area contributed by atoms with Crippen LogP contribution in [-0.4, -0.2) is 34.3 Å². The fourth-order valence-corrected chi connectivity index (χ4v) is 3.29. The van der Waals surface area contributed by atoms with Crippen LogP contribution < -0.4 is 0 Å². The van der Waals surface area contributed by atoms with Gasteiger partial charge in [-0.05, 0) is 46.7 Å². The molecule has 1 aliphatic heterocycles. The van der Waals surface area contributed by atoms with Crippen LogP contribution in [0.4, 0.5) is 0 Å². The second kappa shape index (κ2) is 6.14. The fourth-order valence-electron chi connectivity index (χ4n) is 2.68. The topological polar surface area (TPSA) is 33.2 Å². The van der Waals surface area contributed by atoms with Crippen molar-refractivity contribution >= 4 is 17.1 Å². The number of hydrogen-bond acceptors (Lipinski definition) is 4. The molecule has 0 aliphatic carbocycles. The second-order valence-corrected chi connectivity index (χ2v) is 6.98. The minimum atomic E-state index is -0.359. The molecule has 1 saturated heterocycles. The van der Waals surface area contributed by atoms with Gasteiger partial charge in [0, 0.05) is 5.38 Å². The van der Waals surface area contributed by atoms with Crippen LogP contribution in [0.15, 0.2) is 5.38 Å². The zero-order valence-corrected chi connectivity index (χ0v) is 13.1. The van der Waals surface area contributed by atoms with Crippen LogP contribution in [0.1, 0.15) is 50.2 Å². The fraction of sp³-hybridized carbons (Fsp3) is 0.733. The van der Waals surface area contributed by atoms with Crippen LogP contribution in [0, 0.1) is 6.92 Å². The molecule has 0 N–H and O–H groups in total. The molecule has 1 fully saturated rings. The molecule has 19 heavy (non-hydrogen) atoms. The lowest BCUT2D eigenvalue weighted by Crippen LogP contribution is -2.51. The maximum Gasteiger partial charge on any atom is 0.158 e. The smallest absolute Gasteiger partial charge is 0.158 e. The molecule has 0 radical (unpaired) electrons. The number of nitrogens with zero attached hydrogens (tertiary/aromatic N) is 2. The number of hydrogen-bond donors (Lipinski definition) is 0. The Labute approximate surface area is 120 Å². The summed E-state index contributed by atoms with van der Waals surface area (Å²) in [4.78, 5) is 19.3. The highest BCUT2D eigenvalue weighted by atomic mass is 32.1. The van der Waals surface area contributed by atoms with Gasteiger partial charge in [-0.1, -0.05) is 12.8 Å². The SMILES string of the molecule is Cc1nc(CC(=O)C(C)(C)N2CCCCCC2)cs1. The van der Waals surface area contributed by atoms with E-state index >= 15 is 0 Å². The third kappa shape index (κ3) is 3.63. The molecule has 2 heterocycles. The van der Waals surface area contributed by atoms with Gasteiger partial charge in [-0.15, -0.1) is 11.3 Å². The molecule has 4 heteroatoms. The standard InChI is InChI=1S/C15H24N2OS/c1-12-16-13(11-19-12)10-14(18)15(2,3)17-8-6-4-5-7-9-17/h11H,4-10H2,1-3H3. The molecule has 0 spiro atoms. The Morgan fingerprint density at radius 3 is 2.47 bits per heavy atom. The molecule has 0 amide bonds. The summed E-state index contributed by atoms with van der Waals surface area (Å²) in [5, 5.41) is 3.04. The number of aromatic nitrogens is 1. The molecular weight excluding hydrogens is 256 g/mol. The first kappa shape index (κ1) is 14.7. The van der Waals surface area contributed by atoms with Gasteiger partial charge in [-0.3, -0.25) is 9.69 Å². The molecule has 0 bridgehead atoms. The van der Waals surface area contributed by atoms with Crippen LogP contribution in [0.2, 0.25) is 0 Å². The summed E-state index contributed by atoms with van der Waals surface area (Å²) in [5.41, 5.74) is 0.567. The molecule has 0 saturated carbocycles. The lowest BCUT2D eigenvalue weighted by Gasteiger charge is -2.36. The Bertz CT molecular complexity index is 431. The van der Waals surface area contributed by atoms with Gasteiger partial charge in [0.15, 0.2) is 5.78 Å². The van der Waals surface area contributed by atoms with Gasteiger partial charge in [0.05, 0.1) is 22.7 Å². The first-order valence-electron chi connectivity index (χ1n) is 7.19. The first-order chi connectivity index (χ1) is 9.00. The summed E-state index contributed by atoms with van der Waals surface area (Å²) in [6.45, 7) is 8.22. The zero-order valence-electron chi connectivity index (χ0n) is 12.2. The van der Waals surface area contributed by atoms with Gasteiger partial charge in [0.1, 0.15) is 0 Å². The Kier molecular flexibility index (Phi) is 4.74. The summed E-state index contributed by atoms with van der Waals surface area (Å²) >= 11 is 1.62. The number of thiazole rings is 1. The molecular formula is C15H24N2OS. The van der Waals surface area contributed by atoms with E-state index in [4.69, 9.17) is 0 Å². The van der Waals surface area contributed by atoms with E-state index < -0.39 is 0 Å². The largest absolute Gasteiger partial charge is 0.297 e. The summed E-state index contributed by atoms with van der Waals surface area (Å²) < 4.78 is 0. The quantitative estimate of drug-likeness (QED) is 0.849. The number of carbonyl (C=O) groups excluding carboxylic acids is 1. The van der Waals surface area contributed by atoms with Crippen LogP contribution in [-0.2, 0) is 11.2 Å². The number of Topliss-reactive ketones (excluding diaryl/α,β-unsaturated/α-hetero) is 1. The second-order valence-electron chi connectivity index (χ2n) is 5.92. The Morgan fingerprint density at radius 2 is 1.95 bits per heavy atom. The van der Waals surface area contributed by atoms with Crippen LogP contribution >= 0.6 is 11.3 Å². The van der Waals surface area contributed by atoms with Crippen molar-refractivity contribution in [2.45, 2.75) is 58.4 Å². The number of likely N-dealkylation sites (tertiary alicyclic amines) is 1. The van der Waals surface area contributed by atoms with Crippen molar-refractivity contribution in [1.82, 2.24) is 9.88 Å². The molecule has 1 aromatic heterocycles. The molecule has 106 valence electrons. The molecule has 0 atom stereocenters. The Hall–Kier alpha value is -0.740. The van der Waals surface area contributed by atoms with Crippen molar-refractivity contribution in [2.24, 2.45) is 0 Å². The van der Waals surface area contributed by atoms with E-state index in [1.807, 2.05) is 12.3 Å². The Morgan fingerprint density at radius 1 is 1.32 bits per heavy atom. The van der Waals surface area contributed by atoms with Gasteiger partial charge >= 0.3 is 0 Å². The highest BCUT2D eigenvalue weighted by Gasteiger charge is 2.34. The summed E-state index contributed by atoms with van der Waals surface area (Å²) in [7, 11) is 0. The third-order valence-electron chi connectivity index (χ3n) is 4.09. The van der Waals surface area contributed by atoms with E-state index in [9.17, 15) is 4.79 Å². The average Bonchev–Trinajstić information content (AvgIpc) is 2.63. The highest BCUT2D eigenvalue weighted by molar-refractivity contribution is 7.09. The molecule has 2 rings (SSSR count). The van der Waals surface area contributed by atoms with Crippen molar-refractivity contribution in [3.8, 4) is 0 Å². The normalized spacial score (nSPS) is 18.3. The summed E-state index contributed by atoms with van der Waals surface area (Å²) in [6, 6.07) is 0. The van der Waals surface area contributed by atoms with Gasteiger partial charge in [-0.2, -0.15) is 0 Å². The zero-order chi connectivity index (χ0) is 13.9. The lowest BCUT2D eigenvalue weighted by atomic mass is 9.93. The van der Waals surface area contributed by atoms with E-state index in [-0.39, 0.29) is 5.54 Å². The molecule has 1 aliphatic rings. The highest BCUT2D eigenvalue weighted by Crippen LogP contribution is 2.23. The summed E-state index contributed by atoms with van der Waals surface area (Å²) in [5.74, 6) is 0.291. The molecule has 0 unspecified atom stereocenters. The molecule has 0 aromatic carbocycles. The minimum Gasteiger partial charge on any atom is -0.297 e. The van der Waals surface area contributed by atoms with Crippen molar-refractivity contribution in [3.63, 3.8) is 0 Å². The predicted molar refractivity (Wildman–Crippen MR) is 79.7 cm³/mol. The number of carbonyl (C=O) groups is 1. The summed E-state index contributed by atoms with van der Waals surface area (Å²) in [6.07, 6.45) is 5.49. The van der Waals surface area contributed by atoms with E-state index in [2.05, 4.69) is 23.7 Å². The minimum absolute atomic E-state index is 0.291. The van der Waals surface area contributed by atoms with E-state index in [1.54, 1.807) is 11.3 Å². The van der Waals surface area contributed by atoms with Gasteiger partial charge in [0.2, 0.25) is 0 Å². The monoisotopic (exact) mass is 280 g/mol. The third-order valence-corrected chi connectivity index (χ3v) is 4.91. The van der Waals surface area contributed by atoms with Gasteiger partial charge in [0.25, 0.3) is 0 Å². The Balaban J connectivity index is 2.02. The van der Waals surface area contributed by atoms with E-state index in [0.29, 0.717) is 12.2 Å². The van der Waals surface area contributed by atoms with Crippen LogP contribution in [0.25, 0.3) is 0 Å². The van der Waals surface area contributed by atoms with Crippen LogP contribution in [0.3, 0.4) is 0 Å². The lowest BCUT2D eigenvalue weighted by molar-refractivity contribution is -0.128. The number of aryl methyl sites for hydroxylation is 1. The molecule has 1 aromatic rings. The number of rotatable bonds is 4.